The summed E-state index contributed by atoms with van der Waals surface area (Å²) >= 11 is 1.60. The lowest BCUT2D eigenvalue weighted by molar-refractivity contribution is -0.129. The Morgan fingerprint density at radius 1 is 1.45 bits per heavy atom. The number of carbonyl (C=O) groups is 1. The summed E-state index contributed by atoms with van der Waals surface area (Å²) in [6.45, 7) is 3.40. The van der Waals surface area contributed by atoms with Crippen LogP contribution in [0.25, 0.3) is 0 Å². The first-order valence-corrected chi connectivity index (χ1v) is 8.39. The summed E-state index contributed by atoms with van der Waals surface area (Å²) in [6, 6.07) is 6.09. The molecule has 1 aliphatic heterocycles. The maximum absolute atomic E-state index is 12.4. The van der Waals surface area contributed by atoms with Gasteiger partial charge in [0.15, 0.2) is 0 Å². The fraction of sp³-hybridized carbons (Fsp3) is 0.412. The van der Waals surface area contributed by atoms with E-state index >= 15 is 0 Å². The van der Waals surface area contributed by atoms with Crippen molar-refractivity contribution in [3.63, 3.8) is 0 Å². The van der Waals surface area contributed by atoms with Gasteiger partial charge in [0.05, 0.1) is 30.8 Å². The Balaban J connectivity index is 1.65. The molecule has 0 radical (unpaired) electrons. The second-order valence-corrected chi connectivity index (χ2v) is 6.62. The normalized spacial score (nSPS) is 13.4. The zero-order valence-electron chi connectivity index (χ0n) is 13.0. The quantitative estimate of drug-likeness (QED) is 0.871. The number of rotatable bonds is 4. The van der Waals surface area contributed by atoms with Crippen molar-refractivity contribution in [3.8, 4) is 5.75 Å². The number of hydrogen-bond acceptors (Lipinski definition) is 4. The lowest BCUT2D eigenvalue weighted by Crippen LogP contribution is -2.27. The van der Waals surface area contributed by atoms with E-state index in [0.717, 1.165) is 41.3 Å². The monoisotopic (exact) mass is 316 g/mol. The molecule has 0 spiro atoms. The molecule has 1 aliphatic rings. The number of benzene rings is 1. The minimum Gasteiger partial charge on any atom is -0.493 e. The molecule has 2 aromatic rings. The zero-order valence-corrected chi connectivity index (χ0v) is 13.8. The predicted molar refractivity (Wildman–Crippen MR) is 87.3 cm³/mol. The van der Waals surface area contributed by atoms with Gasteiger partial charge in [-0.1, -0.05) is 12.1 Å². The van der Waals surface area contributed by atoms with Gasteiger partial charge in [0.25, 0.3) is 0 Å². The molecule has 0 saturated heterocycles. The summed E-state index contributed by atoms with van der Waals surface area (Å²) in [5, 5.41) is 0. The second-order valence-electron chi connectivity index (χ2n) is 5.68. The summed E-state index contributed by atoms with van der Waals surface area (Å²) in [5.41, 5.74) is 5.11. The summed E-state index contributed by atoms with van der Waals surface area (Å²) in [6.07, 6.45) is 2.52. The molecule has 5 heteroatoms. The number of hydrogen-bond donors (Lipinski definition) is 0. The van der Waals surface area contributed by atoms with Crippen molar-refractivity contribution in [2.24, 2.45) is 0 Å². The van der Waals surface area contributed by atoms with Crippen LogP contribution in [0.15, 0.2) is 23.7 Å². The van der Waals surface area contributed by atoms with Gasteiger partial charge in [0, 0.05) is 11.9 Å². The van der Waals surface area contributed by atoms with E-state index in [0.29, 0.717) is 13.0 Å². The van der Waals surface area contributed by atoms with Crippen LogP contribution < -0.4 is 4.74 Å². The molecule has 0 bridgehead atoms. The van der Waals surface area contributed by atoms with Crippen LogP contribution in [0.1, 0.15) is 28.1 Å². The molecule has 116 valence electrons. The van der Waals surface area contributed by atoms with E-state index in [2.05, 4.69) is 11.1 Å². The Morgan fingerprint density at radius 3 is 3.09 bits per heavy atom. The summed E-state index contributed by atoms with van der Waals surface area (Å²) in [7, 11) is 1.85. The second kappa shape index (κ2) is 6.48. The van der Waals surface area contributed by atoms with Gasteiger partial charge in [-0.2, -0.15) is 0 Å². The number of aromatic nitrogens is 1. The molecular weight excluding hydrogens is 296 g/mol. The first kappa shape index (κ1) is 15.0. The minimum absolute atomic E-state index is 0.129. The topological polar surface area (TPSA) is 42.4 Å². The highest BCUT2D eigenvalue weighted by molar-refractivity contribution is 7.09. The Morgan fingerprint density at radius 2 is 2.32 bits per heavy atom. The van der Waals surface area contributed by atoms with Crippen molar-refractivity contribution in [1.82, 2.24) is 9.88 Å². The van der Waals surface area contributed by atoms with Gasteiger partial charge in [-0.15, -0.1) is 11.3 Å². The number of ether oxygens (including phenoxy) is 1. The molecule has 1 aromatic heterocycles. The van der Waals surface area contributed by atoms with E-state index in [1.165, 1.54) is 5.56 Å². The molecule has 3 rings (SSSR count). The Kier molecular flexibility index (Phi) is 4.43. The van der Waals surface area contributed by atoms with E-state index in [4.69, 9.17) is 4.74 Å². The predicted octanol–water partition coefficient (Wildman–Crippen LogP) is 2.98. The van der Waals surface area contributed by atoms with Crippen LogP contribution >= 0.6 is 11.3 Å². The molecule has 0 fully saturated rings. The van der Waals surface area contributed by atoms with Crippen LogP contribution in [-0.4, -0.2) is 29.4 Å². The van der Waals surface area contributed by atoms with Crippen molar-refractivity contribution in [2.75, 3.05) is 13.7 Å². The molecule has 0 aliphatic carbocycles. The molecule has 0 saturated carbocycles. The largest absolute Gasteiger partial charge is 0.493 e. The highest BCUT2D eigenvalue weighted by Crippen LogP contribution is 2.26. The number of fused-ring (bicyclic) bond motifs is 1. The standard InChI is InChI=1S/C17H20N2O2S/c1-12-16(22-11-18-12)10-19(2)17(20)9-13-5-6-15-14(8-13)4-3-7-21-15/h5-6,8,11H,3-4,7,9-10H2,1-2H3. The van der Waals surface area contributed by atoms with E-state index in [1.54, 1.807) is 16.2 Å². The fourth-order valence-corrected chi connectivity index (χ4v) is 3.44. The zero-order chi connectivity index (χ0) is 15.5. The van der Waals surface area contributed by atoms with Crippen LogP contribution in [0.4, 0.5) is 0 Å². The van der Waals surface area contributed by atoms with Crippen molar-refractivity contribution in [2.45, 2.75) is 32.7 Å². The van der Waals surface area contributed by atoms with Gasteiger partial charge in [-0.25, -0.2) is 4.98 Å². The van der Waals surface area contributed by atoms with Gasteiger partial charge in [0.2, 0.25) is 5.91 Å². The van der Waals surface area contributed by atoms with Crippen LogP contribution in [0.5, 0.6) is 5.75 Å². The minimum atomic E-state index is 0.129. The van der Waals surface area contributed by atoms with Crippen molar-refractivity contribution >= 4 is 17.2 Å². The number of nitrogens with zero attached hydrogens (tertiary/aromatic N) is 2. The highest BCUT2D eigenvalue weighted by atomic mass is 32.1. The Hall–Kier alpha value is -1.88. The third-order valence-electron chi connectivity index (χ3n) is 3.98. The van der Waals surface area contributed by atoms with Crippen molar-refractivity contribution in [1.29, 1.82) is 0 Å². The van der Waals surface area contributed by atoms with Crippen LogP contribution in [0, 0.1) is 6.92 Å². The highest BCUT2D eigenvalue weighted by Gasteiger charge is 2.15. The van der Waals surface area contributed by atoms with E-state index in [9.17, 15) is 4.79 Å². The molecule has 0 unspecified atom stereocenters. The van der Waals surface area contributed by atoms with Gasteiger partial charge in [-0.05, 0) is 37.0 Å². The van der Waals surface area contributed by atoms with Gasteiger partial charge >= 0.3 is 0 Å². The van der Waals surface area contributed by atoms with Crippen LogP contribution in [0.2, 0.25) is 0 Å². The Labute approximate surface area is 134 Å². The smallest absolute Gasteiger partial charge is 0.227 e. The number of thiazole rings is 1. The SMILES string of the molecule is Cc1ncsc1CN(C)C(=O)Cc1ccc2c(c1)CCCO2. The molecule has 22 heavy (non-hydrogen) atoms. The average molecular weight is 316 g/mol. The lowest BCUT2D eigenvalue weighted by Gasteiger charge is -2.19. The van der Waals surface area contributed by atoms with Gasteiger partial charge in [-0.3, -0.25) is 4.79 Å². The summed E-state index contributed by atoms with van der Waals surface area (Å²) in [4.78, 5) is 19.5. The first-order valence-electron chi connectivity index (χ1n) is 7.51. The third kappa shape index (κ3) is 3.30. The van der Waals surface area contributed by atoms with Crippen LogP contribution in [-0.2, 0) is 24.2 Å². The maximum atomic E-state index is 12.4. The number of carbonyl (C=O) groups excluding carboxylic acids is 1. The number of likely N-dealkylation sites (N-methyl/N-ethyl adjacent to an activating group) is 1. The summed E-state index contributed by atoms with van der Waals surface area (Å²) < 4.78 is 5.61. The van der Waals surface area contributed by atoms with E-state index < -0.39 is 0 Å². The van der Waals surface area contributed by atoms with Crippen molar-refractivity contribution in [3.05, 3.63) is 45.4 Å². The van der Waals surface area contributed by atoms with E-state index in [1.807, 2.05) is 31.6 Å². The van der Waals surface area contributed by atoms with Crippen LogP contribution in [0.3, 0.4) is 0 Å². The lowest BCUT2D eigenvalue weighted by atomic mass is 10.0. The van der Waals surface area contributed by atoms with E-state index in [-0.39, 0.29) is 5.91 Å². The summed E-state index contributed by atoms with van der Waals surface area (Å²) in [5.74, 6) is 1.10. The third-order valence-corrected chi connectivity index (χ3v) is 4.90. The van der Waals surface area contributed by atoms with Gasteiger partial charge < -0.3 is 9.64 Å². The molecule has 4 nitrogen and oxygen atoms in total. The molecule has 0 N–H and O–H groups in total. The first-order chi connectivity index (χ1) is 10.6. The average Bonchev–Trinajstić information content (AvgIpc) is 2.92. The molecule has 1 amide bonds. The number of aryl methyl sites for hydroxylation is 2. The fourth-order valence-electron chi connectivity index (χ4n) is 2.61. The van der Waals surface area contributed by atoms with Crippen molar-refractivity contribution < 1.29 is 9.53 Å². The molecule has 0 atom stereocenters. The number of amides is 1. The molecule has 1 aromatic carbocycles. The molecule has 2 heterocycles. The maximum Gasteiger partial charge on any atom is 0.227 e. The van der Waals surface area contributed by atoms with Gasteiger partial charge in [0.1, 0.15) is 5.75 Å². The Bertz CT molecular complexity index is 681. The molecular formula is C17H20N2O2S.